The number of para-hydroxylation sites is 1. The predicted molar refractivity (Wildman–Crippen MR) is 95.0 cm³/mol. The summed E-state index contributed by atoms with van der Waals surface area (Å²) in [6, 6.07) is 7.80. The zero-order chi connectivity index (χ0) is 18.5. The molecule has 1 atom stereocenters. The van der Waals surface area contributed by atoms with E-state index in [0.29, 0.717) is 18.9 Å². The number of carbonyl (C=O) groups is 1. The first-order chi connectivity index (χ1) is 12.5. The summed E-state index contributed by atoms with van der Waals surface area (Å²) < 4.78 is 19.0. The Hall–Kier alpha value is -2.54. The molecular weight excluding hydrogens is 335 g/mol. The summed E-state index contributed by atoms with van der Waals surface area (Å²) in [5.74, 6) is 0.0808. The molecule has 1 aliphatic rings. The largest absolute Gasteiger partial charge is 0.481 e. The van der Waals surface area contributed by atoms with Crippen molar-refractivity contribution >= 4 is 5.91 Å². The van der Waals surface area contributed by atoms with Crippen LogP contribution in [0.15, 0.2) is 36.5 Å². The van der Waals surface area contributed by atoms with Crippen LogP contribution in [0.3, 0.4) is 0 Å². The number of carbonyl (C=O) groups excluding carboxylic acids is 1. The van der Waals surface area contributed by atoms with E-state index in [2.05, 4.69) is 9.97 Å². The molecule has 138 valence electrons. The van der Waals surface area contributed by atoms with Gasteiger partial charge in [-0.25, -0.2) is 14.4 Å². The van der Waals surface area contributed by atoms with Crippen LogP contribution in [-0.4, -0.2) is 52.9 Å². The third-order valence-corrected chi connectivity index (χ3v) is 4.27. The maximum Gasteiger partial charge on any atom is 0.261 e. The number of benzene rings is 1. The Kier molecular flexibility index (Phi) is 5.78. The van der Waals surface area contributed by atoms with E-state index >= 15 is 0 Å². The quantitative estimate of drug-likeness (QED) is 0.794. The lowest BCUT2D eigenvalue weighted by atomic mass is 10.2. The molecule has 1 saturated heterocycles. The van der Waals surface area contributed by atoms with Crippen LogP contribution in [0, 0.1) is 5.82 Å². The molecular formula is C19H23FN4O2. The maximum atomic E-state index is 13.6. The summed E-state index contributed by atoms with van der Waals surface area (Å²) >= 11 is 0. The molecule has 7 heteroatoms. The van der Waals surface area contributed by atoms with Gasteiger partial charge >= 0.3 is 0 Å². The second-order valence-electron chi connectivity index (χ2n) is 6.61. The molecule has 1 fully saturated rings. The van der Waals surface area contributed by atoms with E-state index in [4.69, 9.17) is 4.74 Å². The van der Waals surface area contributed by atoms with Crippen LogP contribution in [0.25, 0.3) is 0 Å². The van der Waals surface area contributed by atoms with Crippen LogP contribution in [0.5, 0.6) is 5.75 Å². The number of likely N-dealkylation sites (tertiary alicyclic amines) is 1. The minimum Gasteiger partial charge on any atom is -0.481 e. The van der Waals surface area contributed by atoms with E-state index in [-0.39, 0.29) is 24.3 Å². The second-order valence-corrected chi connectivity index (χ2v) is 6.61. The Morgan fingerprint density at radius 2 is 2.15 bits per heavy atom. The van der Waals surface area contributed by atoms with Crippen molar-refractivity contribution in [3.8, 4) is 5.75 Å². The van der Waals surface area contributed by atoms with Crippen molar-refractivity contribution in [3.05, 3.63) is 53.9 Å². The Balaban J connectivity index is 1.68. The molecule has 0 bridgehead atoms. The maximum absolute atomic E-state index is 13.6. The molecule has 26 heavy (non-hydrogen) atoms. The number of hydrogen-bond donors (Lipinski definition) is 0. The number of rotatable bonds is 6. The normalized spacial score (nSPS) is 16.9. The molecule has 1 aromatic carbocycles. The summed E-state index contributed by atoms with van der Waals surface area (Å²) in [7, 11) is 3.96. The fraction of sp³-hybridized carbons (Fsp3) is 0.421. The van der Waals surface area contributed by atoms with E-state index in [1.165, 1.54) is 12.1 Å². The van der Waals surface area contributed by atoms with Gasteiger partial charge in [-0.2, -0.15) is 0 Å². The highest BCUT2D eigenvalue weighted by atomic mass is 19.1. The molecule has 0 aliphatic carbocycles. The molecule has 0 spiro atoms. The van der Waals surface area contributed by atoms with E-state index in [0.717, 1.165) is 18.5 Å². The lowest BCUT2D eigenvalue weighted by molar-refractivity contribution is -0.134. The zero-order valence-electron chi connectivity index (χ0n) is 15.1. The van der Waals surface area contributed by atoms with Gasteiger partial charge in [-0.1, -0.05) is 12.1 Å². The van der Waals surface area contributed by atoms with Crippen LogP contribution in [0.2, 0.25) is 0 Å². The molecule has 1 aromatic heterocycles. The fourth-order valence-electron chi connectivity index (χ4n) is 3.10. The highest BCUT2D eigenvalue weighted by molar-refractivity contribution is 5.78. The number of aromatic nitrogens is 2. The lowest BCUT2D eigenvalue weighted by Crippen LogP contribution is -2.35. The Bertz CT molecular complexity index is 769. The number of halogens is 1. The number of nitrogens with zero attached hydrogens (tertiary/aromatic N) is 4. The van der Waals surface area contributed by atoms with Crippen LogP contribution >= 0.6 is 0 Å². The molecule has 0 radical (unpaired) electrons. The molecule has 2 aromatic rings. The van der Waals surface area contributed by atoms with Crippen LogP contribution in [0.4, 0.5) is 4.39 Å². The Morgan fingerprint density at radius 1 is 1.35 bits per heavy atom. The van der Waals surface area contributed by atoms with Crippen molar-refractivity contribution < 1.29 is 13.9 Å². The minimum absolute atomic E-state index is 0.0841. The van der Waals surface area contributed by atoms with E-state index in [1.807, 2.05) is 25.1 Å². The first kappa shape index (κ1) is 18.3. The van der Waals surface area contributed by atoms with Gasteiger partial charge in [0.2, 0.25) is 0 Å². The zero-order valence-corrected chi connectivity index (χ0v) is 15.1. The van der Waals surface area contributed by atoms with E-state index in [9.17, 15) is 9.18 Å². The third-order valence-electron chi connectivity index (χ3n) is 4.27. The van der Waals surface area contributed by atoms with Gasteiger partial charge in [-0.05, 0) is 45.1 Å². The van der Waals surface area contributed by atoms with Gasteiger partial charge in [0.05, 0.1) is 11.7 Å². The van der Waals surface area contributed by atoms with E-state index < -0.39 is 5.82 Å². The van der Waals surface area contributed by atoms with E-state index in [1.54, 1.807) is 23.2 Å². The van der Waals surface area contributed by atoms with Crippen molar-refractivity contribution in [1.29, 1.82) is 0 Å². The van der Waals surface area contributed by atoms with Gasteiger partial charge in [0.1, 0.15) is 0 Å². The van der Waals surface area contributed by atoms with Crippen LogP contribution in [-0.2, 0) is 11.3 Å². The molecule has 2 heterocycles. The van der Waals surface area contributed by atoms with Crippen LogP contribution in [0.1, 0.15) is 30.4 Å². The van der Waals surface area contributed by atoms with Crippen LogP contribution < -0.4 is 4.74 Å². The number of hydrogen-bond acceptors (Lipinski definition) is 5. The molecule has 1 amide bonds. The Morgan fingerprint density at radius 3 is 2.92 bits per heavy atom. The van der Waals surface area contributed by atoms with Crippen molar-refractivity contribution in [3.63, 3.8) is 0 Å². The molecule has 1 aliphatic heterocycles. The lowest BCUT2D eigenvalue weighted by Gasteiger charge is -2.24. The first-order valence-electron chi connectivity index (χ1n) is 8.68. The van der Waals surface area contributed by atoms with Gasteiger partial charge in [0.25, 0.3) is 5.91 Å². The second kappa shape index (κ2) is 8.23. The van der Waals surface area contributed by atoms with Gasteiger partial charge in [-0.3, -0.25) is 4.79 Å². The Labute approximate surface area is 152 Å². The number of ether oxygens (including phenoxy) is 1. The monoisotopic (exact) mass is 358 g/mol. The molecule has 0 saturated carbocycles. The smallest absolute Gasteiger partial charge is 0.261 e. The first-order valence-corrected chi connectivity index (χ1v) is 8.68. The van der Waals surface area contributed by atoms with Crippen molar-refractivity contribution in [1.82, 2.24) is 19.8 Å². The topological polar surface area (TPSA) is 58.6 Å². The molecule has 3 rings (SSSR count). The summed E-state index contributed by atoms with van der Waals surface area (Å²) in [5, 5.41) is 0. The third kappa shape index (κ3) is 4.35. The van der Waals surface area contributed by atoms with Crippen molar-refractivity contribution in [2.45, 2.75) is 25.4 Å². The highest BCUT2D eigenvalue weighted by Crippen LogP contribution is 2.30. The SMILES string of the molecule is CN(C)Cc1ccnc([C@H]2CCCN2C(=O)COc2ccccc2F)n1. The molecule has 6 nitrogen and oxygen atoms in total. The average molecular weight is 358 g/mol. The van der Waals surface area contributed by atoms with Gasteiger partial charge in [-0.15, -0.1) is 0 Å². The predicted octanol–water partition coefficient (Wildman–Crippen LogP) is 2.42. The van der Waals surface area contributed by atoms with Gasteiger partial charge < -0.3 is 14.5 Å². The van der Waals surface area contributed by atoms with Gasteiger partial charge in [0, 0.05) is 19.3 Å². The van der Waals surface area contributed by atoms with Crippen molar-refractivity contribution in [2.24, 2.45) is 0 Å². The average Bonchev–Trinajstić information content (AvgIpc) is 3.10. The van der Waals surface area contributed by atoms with Crippen molar-refractivity contribution in [2.75, 3.05) is 27.2 Å². The summed E-state index contributed by atoms with van der Waals surface area (Å²) in [6.07, 6.45) is 3.44. The summed E-state index contributed by atoms with van der Waals surface area (Å²) in [4.78, 5) is 25.3. The fourth-order valence-corrected chi connectivity index (χ4v) is 3.10. The highest BCUT2D eigenvalue weighted by Gasteiger charge is 2.32. The number of amides is 1. The molecule has 0 unspecified atom stereocenters. The standard InChI is InChI=1S/C19H23FN4O2/c1-23(2)12-14-9-10-21-19(22-14)16-7-5-11-24(16)18(25)13-26-17-8-4-3-6-15(17)20/h3-4,6,8-10,16H,5,7,11-13H2,1-2H3/t16-/m1/s1. The molecule has 0 N–H and O–H groups in total. The summed E-state index contributed by atoms with van der Waals surface area (Å²) in [5.41, 5.74) is 0.918. The minimum atomic E-state index is -0.474. The summed E-state index contributed by atoms with van der Waals surface area (Å²) in [6.45, 7) is 1.15. The van der Waals surface area contributed by atoms with Gasteiger partial charge in [0.15, 0.2) is 24.0 Å².